The van der Waals surface area contributed by atoms with Crippen molar-refractivity contribution < 1.29 is 14.0 Å². The van der Waals surface area contributed by atoms with Gasteiger partial charge in [-0.15, -0.1) is 0 Å². The predicted molar refractivity (Wildman–Crippen MR) is 97.6 cm³/mol. The molecular formula is C18H35N2O3P. The zero-order valence-corrected chi connectivity index (χ0v) is 16.6. The molecule has 140 valence electrons. The Labute approximate surface area is 147 Å². The van der Waals surface area contributed by atoms with Crippen molar-refractivity contribution in [2.75, 3.05) is 52.6 Å². The quantitative estimate of drug-likeness (QED) is 0.723. The third kappa shape index (κ3) is 3.91. The summed E-state index contributed by atoms with van der Waals surface area (Å²) in [6.07, 6.45) is 4.64. The maximum atomic E-state index is 14.4. The molecule has 0 atom stereocenters. The second-order valence-corrected chi connectivity index (χ2v) is 11.6. The van der Waals surface area contributed by atoms with Crippen molar-refractivity contribution in [2.45, 2.75) is 52.1 Å². The van der Waals surface area contributed by atoms with Gasteiger partial charge in [-0.1, -0.05) is 20.8 Å². The van der Waals surface area contributed by atoms with Crippen molar-refractivity contribution in [3.05, 3.63) is 0 Å². The fraction of sp³-hybridized carbons (Fsp3) is 1.00. The standard InChI is InChI=1S/C18H35N2O3P/c1-18(2,3)16-4-6-17(7-5-16)24(21,19-8-12-22-13-9-19)20-10-14-23-15-11-20/h16-17H,4-15H2,1-3H3. The lowest BCUT2D eigenvalue weighted by Gasteiger charge is -2.48. The SMILES string of the molecule is CC(C)(C)C1CCC(P(=O)(N2CCOCC2)N2CCOCC2)CC1. The van der Waals surface area contributed by atoms with Crippen LogP contribution in [0.1, 0.15) is 46.5 Å². The summed E-state index contributed by atoms with van der Waals surface area (Å²) in [5.41, 5.74) is 0.694. The van der Waals surface area contributed by atoms with Crippen LogP contribution in [-0.4, -0.2) is 67.6 Å². The molecule has 1 saturated carbocycles. The van der Waals surface area contributed by atoms with Gasteiger partial charge in [-0.25, -0.2) is 9.34 Å². The zero-order valence-electron chi connectivity index (χ0n) is 15.7. The first kappa shape index (κ1) is 18.8. The van der Waals surface area contributed by atoms with E-state index in [0.717, 1.165) is 44.9 Å². The number of rotatable bonds is 3. The third-order valence-corrected chi connectivity index (χ3v) is 10.1. The van der Waals surface area contributed by atoms with Gasteiger partial charge < -0.3 is 9.47 Å². The molecule has 1 aliphatic carbocycles. The Hall–Kier alpha value is 0.0700. The number of hydrogen-bond donors (Lipinski definition) is 0. The van der Waals surface area contributed by atoms with Crippen molar-refractivity contribution in [3.63, 3.8) is 0 Å². The summed E-state index contributed by atoms with van der Waals surface area (Å²) in [6.45, 7) is 13.2. The molecule has 2 heterocycles. The van der Waals surface area contributed by atoms with Gasteiger partial charge in [-0.3, -0.25) is 4.57 Å². The average molecular weight is 358 g/mol. The van der Waals surface area contributed by atoms with Crippen LogP contribution in [0.4, 0.5) is 0 Å². The molecule has 0 amide bonds. The molecule has 0 aromatic rings. The van der Waals surface area contributed by atoms with Gasteiger partial charge in [0.25, 0.3) is 0 Å². The van der Waals surface area contributed by atoms with Gasteiger partial charge in [0.2, 0.25) is 7.44 Å². The highest BCUT2D eigenvalue weighted by atomic mass is 31.2. The van der Waals surface area contributed by atoms with Crippen LogP contribution < -0.4 is 0 Å². The van der Waals surface area contributed by atoms with Crippen molar-refractivity contribution in [2.24, 2.45) is 11.3 Å². The lowest BCUT2D eigenvalue weighted by molar-refractivity contribution is 0.0500. The molecule has 0 bridgehead atoms. The zero-order chi connectivity index (χ0) is 17.2. The first-order valence-electron chi connectivity index (χ1n) is 9.68. The Balaban J connectivity index is 1.76. The summed E-state index contributed by atoms with van der Waals surface area (Å²) >= 11 is 0. The second kappa shape index (κ2) is 7.75. The molecule has 6 heteroatoms. The molecule has 0 aromatic heterocycles. The van der Waals surface area contributed by atoms with Crippen LogP contribution in [0.2, 0.25) is 0 Å². The van der Waals surface area contributed by atoms with E-state index in [2.05, 4.69) is 30.1 Å². The van der Waals surface area contributed by atoms with Gasteiger partial charge in [0.15, 0.2) is 0 Å². The van der Waals surface area contributed by atoms with E-state index in [1.165, 1.54) is 12.8 Å². The van der Waals surface area contributed by atoms with E-state index < -0.39 is 7.44 Å². The number of nitrogens with zero attached hydrogens (tertiary/aromatic N) is 2. The molecule has 0 spiro atoms. The molecule has 2 saturated heterocycles. The minimum Gasteiger partial charge on any atom is -0.379 e. The first-order chi connectivity index (χ1) is 11.4. The minimum absolute atomic E-state index is 0.326. The van der Waals surface area contributed by atoms with Gasteiger partial charge >= 0.3 is 0 Å². The van der Waals surface area contributed by atoms with Crippen molar-refractivity contribution in [1.29, 1.82) is 0 Å². The first-order valence-corrected chi connectivity index (χ1v) is 11.4. The van der Waals surface area contributed by atoms with Crippen LogP contribution in [0.5, 0.6) is 0 Å². The maximum absolute atomic E-state index is 14.4. The normalized spacial score (nSPS) is 32.0. The Bertz CT molecular complexity index is 424. The molecule has 0 unspecified atom stereocenters. The van der Waals surface area contributed by atoms with E-state index in [-0.39, 0.29) is 0 Å². The number of ether oxygens (including phenoxy) is 2. The minimum atomic E-state index is -2.52. The maximum Gasteiger partial charge on any atom is 0.219 e. The van der Waals surface area contributed by atoms with E-state index in [1.807, 2.05) is 0 Å². The molecule has 0 N–H and O–H groups in total. The van der Waals surface area contributed by atoms with E-state index in [9.17, 15) is 4.57 Å². The second-order valence-electron chi connectivity index (χ2n) is 8.59. The Kier molecular flexibility index (Phi) is 6.09. The summed E-state index contributed by atoms with van der Waals surface area (Å²) in [6, 6.07) is 0. The highest BCUT2D eigenvalue weighted by Gasteiger charge is 2.46. The monoisotopic (exact) mass is 358 g/mol. The topological polar surface area (TPSA) is 42.0 Å². The van der Waals surface area contributed by atoms with Gasteiger partial charge in [-0.05, 0) is 37.0 Å². The molecule has 0 aromatic carbocycles. The summed E-state index contributed by atoms with van der Waals surface area (Å²) in [7, 11) is -2.52. The highest BCUT2D eigenvalue weighted by molar-refractivity contribution is 7.59. The van der Waals surface area contributed by atoms with Gasteiger partial charge in [-0.2, -0.15) is 0 Å². The van der Waals surface area contributed by atoms with E-state index in [0.29, 0.717) is 37.5 Å². The molecule has 3 aliphatic rings. The van der Waals surface area contributed by atoms with Gasteiger partial charge in [0.1, 0.15) is 0 Å². The van der Waals surface area contributed by atoms with E-state index in [4.69, 9.17) is 9.47 Å². The lowest BCUT2D eigenvalue weighted by Crippen LogP contribution is -2.47. The Morgan fingerprint density at radius 2 is 1.21 bits per heavy atom. The summed E-state index contributed by atoms with van der Waals surface area (Å²) in [4.78, 5) is 0. The van der Waals surface area contributed by atoms with E-state index in [1.54, 1.807) is 0 Å². The molecular weight excluding hydrogens is 323 g/mol. The summed E-state index contributed by atoms with van der Waals surface area (Å²) in [5.74, 6) is 0.761. The lowest BCUT2D eigenvalue weighted by atomic mass is 9.72. The fourth-order valence-electron chi connectivity index (χ4n) is 4.60. The highest BCUT2D eigenvalue weighted by Crippen LogP contribution is 2.62. The molecule has 3 rings (SSSR count). The smallest absolute Gasteiger partial charge is 0.219 e. The number of morpholine rings is 2. The van der Waals surface area contributed by atoms with Crippen LogP contribution in [0.3, 0.4) is 0 Å². The molecule has 24 heavy (non-hydrogen) atoms. The molecule has 5 nitrogen and oxygen atoms in total. The summed E-state index contributed by atoms with van der Waals surface area (Å²) in [5, 5.41) is 0. The van der Waals surface area contributed by atoms with Crippen LogP contribution in [0.25, 0.3) is 0 Å². The molecule has 3 fully saturated rings. The Morgan fingerprint density at radius 1 is 0.792 bits per heavy atom. The largest absolute Gasteiger partial charge is 0.379 e. The third-order valence-electron chi connectivity index (χ3n) is 6.18. The van der Waals surface area contributed by atoms with Crippen molar-refractivity contribution >= 4 is 7.44 Å². The van der Waals surface area contributed by atoms with Crippen LogP contribution in [0, 0.1) is 11.3 Å². The number of hydrogen-bond acceptors (Lipinski definition) is 3. The summed E-state index contributed by atoms with van der Waals surface area (Å²) < 4.78 is 30.0. The molecule has 2 aliphatic heterocycles. The average Bonchev–Trinajstić information content (AvgIpc) is 2.62. The van der Waals surface area contributed by atoms with Gasteiger partial charge in [0, 0.05) is 31.8 Å². The Morgan fingerprint density at radius 3 is 1.58 bits per heavy atom. The van der Waals surface area contributed by atoms with Crippen LogP contribution in [-0.2, 0) is 14.0 Å². The van der Waals surface area contributed by atoms with Crippen molar-refractivity contribution in [1.82, 2.24) is 9.34 Å². The van der Waals surface area contributed by atoms with Crippen LogP contribution >= 0.6 is 7.44 Å². The van der Waals surface area contributed by atoms with E-state index >= 15 is 0 Å². The van der Waals surface area contributed by atoms with Crippen LogP contribution in [0.15, 0.2) is 0 Å². The van der Waals surface area contributed by atoms with Crippen molar-refractivity contribution in [3.8, 4) is 0 Å². The predicted octanol–water partition coefficient (Wildman–Crippen LogP) is 3.45. The van der Waals surface area contributed by atoms with Gasteiger partial charge in [0.05, 0.1) is 26.4 Å². The molecule has 0 radical (unpaired) electrons. The fourth-order valence-corrected chi connectivity index (χ4v) is 8.32.